The summed E-state index contributed by atoms with van der Waals surface area (Å²) >= 11 is 0. The van der Waals surface area contributed by atoms with Gasteiger partial charge in [-0.15, -0.1) is 0 Å². The third-order valence-electron chi connectivity index (χ3n) is 1.80. The predicted molar refractivity (Wildman–Crippen MR) is 45.5 cm³/mol. The molecule has 2 heterocycles. The molecular weight excluding hydrogens is 186 g/mol. The van der Waals surface area contributed by atoms with Gasteiger partial charge in [0.05, 0.1) is 12.7 Å². The average molecular weight is 193 g/mol. The molecule has 5 nitrogen and oxygen atoms in total. The first kappa shape index (κ1) is 8.55. The normalized spacial score (nSPS) is 10.3. The lowest BCUT2D eigenvalue weighted by atomic mass is 10.1. The van der Waals surface area contributed by atoms with Crippen LogP contribution in [-0.4, -0.2) is 16.2 Å². The number of carboxylic acid groups (broad SMARTS) is 1. The van der Waals surface area contributed by atoms with Gasteiger partial charge in [-0.05, 0) is 0 Å². The molecule has 0 aliphatic carbocycles. The van der Waals surface area contributed by atoms with Crippen molar-refractivity contribution in [2.75, 3.05) is 0 Å². The van der Waals surface area contributed by atoms with Gasteiger partial charge in [0.25, 0.3) is 0 Å². The van der Waals surface area contributed by atoms with E-state index in [4.69, 9.17) is 9.52 Å². The van der Waals surface area contributed by atoms with Gasteiger partial charge >= 0.3 is 5.97 Å². The summed E-state index contributed by atoms with van der Waals surface area (Å²) in [5.74, 6) is -0.906. The van der Waals surface area contributed by atoms with Crippen molar-refractivity contribution in [1.29, 1.82) is 0 Å². The van der Waals surface area contributed by atoms with Crippen LogP contribution in [0.3, 0.4) is 0 Å². The smallest absolute Gasteiger partial charge is 0.307 e. The molecule has 0 aliphatic heterocycles. The van der Waals surface area contributed by atoms with Gasteiger partial charge in [0, 0.05) is 17.2 Å². The molecule has 0 spiro atoms. The zero-order valence-corrected chi connectivity index (χ0v) is 7.14. The fourth-order valence-corrected chi connectivity index (χ4v) is 1.20. The third-order valence-corrected chi connectivity index (χ3v) is 1.80. The number of hydrogen-bond donors (Lipinski definition) is 1. The second-order valence-corrected chi connectivity index (χ2v) is 2.77. The molecule has 14 heavy (non-hydrogen) atoms. The van der Waals surface area contributed by atoms with Crippen molar-refractivity contribution in [3.63, 3.8) is 0 Å². The largest absolute Gasteiger partial charge is 0.481 e. The topological polar surface area (TPSA) is 76.5 Å². The summed E-state index contributed by atoms with van der Waals surface area (Å²) in [6, 6.07) is 1.65. The van der Waals surface area contributed by atoms with E-state index in [0.29, 0.717) is 16.8 Å². The number of hydrogen-bond acceptors (Lipinski definition) is 4. The first-order valence-corrected chi connectivity index (χ1v) is 3.95. The van der Waals surface area contributed by atoms with E-state index in [-0.39, 0.29) is 6.42 Å². The molecule has 0 aliphatic rings. The second-order valence-electron chi connectivity index (χ2n) is 2.77. The molecule has 0 aromatic carbocycles. The van der Waals surface area contributed by atoms with Crippen LogP contribution in [0.1, 0.15) is 5.56 Å². The van der Waals surface area contributed by atoms with Gasteiger partial charge < -0.3 is 14.0 Å². The molecule has 0 atom stereocenters. The summed E-state index contributed by atoms with van der Waals surface area (Å²) in [5.41, 5.74) is 1.82. The maximum absolute atomic E-state index is 10.5. The Morgan fingerprint density at radius 3 is 3.00 bits per heavy atom. The maximum Gasteiger partial charge on any atom is 0.307 e. The highest BCUT2D eigenvalue weighted by Gasteiger charge is 2.12. The maximum atomic E-state index is 10.5. The lowest BCUT2D eigenvalue weighted by Gasteiger charge is -1.93. The van der Waals surface area contributed by atoms with E-state index < -0.39 is 5.97 Å². The molecule has 0 radical (unpaired) electrons. The van der Waals surface area contributed by atoms with Gasteiger partial charge in [0.1, 0.15) is 18.2 Å². The lowest BCUT2D eigenvalue weighted by Crippen LogP contribution is -1.99. The number of rotatable bonds is 3. The van der Waals surface area contributed by atoms with Crippen molar-refractivity contribution in [1.82, 2.24) is 5.16 Å². The molecule has 0 fully saturated rings. The SMILES string of the molecule is O=C(O)Cc1cocc1-c1ccon1. The van der Waals surface area contributed by atoms with Gasteiger partial charge in [-0.3, -0.25) is 4.79 Å². The summed E-state index contributed by atoms with van der Waals surface area (Å²) < 4.78 is 9.58. The second kappa shape index (κ2) is 3.37. The van der Waals surface area contributed by atoms with Gasteiger partial charge in [0.15, 0.2) is 0 Å². The Kier molecular flexibility index (Phi) is 2.06. The number of carbonyl (C=O) groups is 1. The van der Waals surface area contributed by atoms with Crippen LogP contribution in [0, 0.1) is 0 Å². The van der Waals surface area contributed by atoms with E-state index in [2.05, 4.69) is 9.68 Å². The Labute approximate surface area is 78.9 Å². The Balaban J connectivity index is 2.35. The molecule has 2 rings (SSSR count). The van der Waals surface area contributed by atoms with Crippen LogP contribution in [0.2, 0.25) is 0 Å². The van der Waals surface area contributed by atoms with E-state index in [9.17, 15) is 4.79 Å². The highest BCUT2D eigenvalue weighted by Crippen LogP contribution is 2.23. The first-order valence-electron chi connectivity index (χ1n) is 3.95. The van der Waals surface area contributed by atoms with Crippen molar-refractivity contribution in [3.8, 4) is 11.3 Å². The van der Waals surface area contributed by atoms with Crippen LogP contribution in [0.15, 0.2) is 33.8 Å². The summed E-state index contributed by atoms with van der Waals surface area (Å²) in [7, 11) is 0. The molecule has 2 aromatic heterocycles. The first-order chi connectivity index (χ1) is 6.77. The van der Waals surface area contributed by atoms with E-state index in [1.807, 2.05) is 0 Å². The zero-order chi connectivity index (χ0) is 9.97. The Morgan fingerprint density at radius 1 is 1.50 bits per heavy atom. The quantitative estimate of drug-likeness (QED) is 0.800. The van der Waals surface area contributed by atoms with Gasteiger partial charge in [-0.1, -0.05) is 5.16 Å². The summed E-state index contributed by atoms with van der Waals surface area (Å²) in [6.07, 6.45) is 4.19. The highest BCUT2D eigenvalue weighted by atomic mass is 16.5. The van der Waals surface area contributed by atoms with E-state index in [0.717, 1.165) is 0 Å². The number of aromatic nitrogens is 1. The van der Waals surface area contributed by atoms with Gasteiger partial charge in [-0.2, -0.15) is 0 Å². The van der Waals surface area contributed by atoms with Crippen molar-refractivity contribution in [2.45, 2.75) is 6.42 Å². The fourth-order valence-electron chi connectivity index (χ4n) is 1.20. The van der Waals surface area contributed by atoms with Crippen LogP contribution in [-0.2, 0) is 11.2 Å². The Morgan fingerprint density at radius 2 is 2.36 bits per heavy atom. The zero-order valence-electron chi connectivity index (χ0n) is 7.14. The predicted octanol–water partition coefficient (Wildman–Crippen LogP) is 1.56. The molecule has 2 aromatic rings. The third kappa shape index (κ3) is 1.52. The average Bonchev–Trinajstić information content (AvgIpc) is 2.70. The number of furan rings is 1. The van der Waals surface area contributed by atoms with E-state index in [1.165, 1.54) is 18.8 Å². The molecule has 0 amide bonds. The fraction of sp³-hybridized carbons (Fsp3) is 0.111. The van der Waals surface area contributed by atoms with Crippen LogP contribution in [0.4, 0.5) is 0 Å². The molecule has 0 saturated heterocycles. The van der Waals surface area contributed by atoms with Gasteiger partial charge in [0.2, 0.25) is 0 Å². The minimum Gasteiger partial charge on any atom is -0.481 e. The van der Waals surface area contributed by atoms with Gasteiger partial charge in [-0.25, -0.2) is 0 Å². The monoisotopic (exact) mass is 193 g/mol. The minimum absolute atomic E-state index is 0.0846. The molecule has 0 unspecified atom stereocenters. The number of aliphatic carboxylic acids is 1. The van der Waals surface area contributed by atoms with Crippen molar-refractivity contribution >= 4 is 5.97 Å². The van der Waals surface area contributed by atoms with Crippen LogP contribution in [0.5, 0.6) is 0 Å². The summed E-state index contributed by atoms with van der Waals surface area (Å²) in [6.45, 7) is 0. The summed E-state index contributed by atoms with van der Waals surface area (Å²) in [5, 5.41) is 12.3. The molecule has 1 N–H and O–H groups in total. The Bertz CT molecular complexity index is 429. The molecule has 0 bridgehead atoms. The van der Waals surface area contributed by atoms with Crippen LogP contribution >= 0.6 is 0 Å². The van der Waals surface area contributed by atoms with Crippen LogP contribution in [0.25, 0.3) is 11.3 Å². The van der Waals surface area contributed by atoms with Crippen molar-refractivity contribution in [2.24, 2.45) is 0 Å². The van der Waals surface area contributed by atoms with Crippen LogP contribution < -0.4 is 0 Å². The molecule has 72 valence electrons. The molecule has 5 heteroatoms. The molecular formula is C9H7NO4. The minimum atomic E-state index is -0.906. The Hall–Kier alpha value is -2.04. The number of nitrogens with zero attached hydrogens (tertiary/aromatic N) is 1. The highest BCUT2D eigenvalue weighted by molar-refractivity contribution is 5.74. The van der Waals surface area contributed by atoms with E-state index in [1.54, 1.807) is 6.07 Å². The van der Waals surface area contributed by atoms with Crippen molar-refractivity contribution in [3.05, 3.63) is 30.4 Å². The molecule has 0 saturated carbocycles. The summed E-state index contributed by atoms with van der Waals surface area (Å²) in [4.78, 5) is 10.5. The lowest BCUT2D eigenvalue weighted by molar-refractivity contribution is -0.136. The van der Waals surface area contributed by atoms with Crippen molar-refractivity contribution < 1.29 is 18.8 Å². The van der Waals surface area contributed by atoms with E-state index >= 15 is 0 Å². The standard InChI is InChI=1S/C9H7NO4/c11-9(12)3-6-4-13-5-7(6)8-1-2-14-10-8/h1-2,4-5H,3H2,(H,11,12). The number of carboxylic acids is 1.